The van der Waals surface area contributed by atoms with Crippen LogP contribution in [0.2, 0.25) is 0 Å². The van der Waals surface area contributed by atoms with Crippen molar-refractivity contribution < 1.29 is 35.1 Å². The standard InChI is InChI=1S/C23H23BrN6O7/c24-12-5-7-13(8-6-12)25-27-18-15-3-1-2-4-16(15)29(22(18)35)9-14-10-30(28-26-14)37-23-21(34)20(33)19(32)17(11-31)36-23/h1-8,10,17,19-21,23,31-35H,9,11H2/t17-,19-,20+,21-,23+/m1/s1. The highest BCUT2D eigenvalue weighted by Gasteiger charge is 2.45. The largest absolute Gasteiger partial charge is 0.493 e. The lowest BCUT2D eigenvalue weighted by molar-refractivity contribution is -0.303. The molecule has 13 nitrogen and oxygen atoms in total. The van der Waals surface area contributed by atoms with E-state index in [4.69, 9.17) is 9.57 Å². The molecule has 3 heterocycles. The highest BCUT2D eigenvalue weighted by atomic mass is 79.9. The number of hydrogen-bond donors (Lipinski definition) is 5. The minimum absolute atomic E-state index is 0.0954. The molecule has 0 spiro atoms. The molecule has 1 aliphatic heterocycles. The Morgan fingerprint density at radius 1 is 1.00 bits per heavy atom. The minimum Gasteiger partial charge on any atom is -0.493 e. The Labute approximate surface area is 217 Å². The molecule has 0 aliphatic carbocycles. The number of aromatic hydroxyl groups is 1. The Hall–Kier alpha value is -3.40. The Balaban J connectivity index is 1.37. The maximum Gasteiger partial charge on any atom is 0.256 e. The molecular weight excluding hydrogens is 552 g/mol. The molecule has 0 radical (unpaired) electrons. The van der Waals surface area contributed by atoms with E-state index in [9.17, 15) is 25.5 Å². The van der Waals surface area contributed by atoms with Gasteiger partial charge in [-0.15, -0.1) is 10.2 Å². The van der Waals surface area contributed by atoms with Gasteiger partial charge in [0.2, 0.25) is 5.88 Å². The number of ether oxygens (including phenoxy) is 1. The molecule has 194 valence electrons. The summed E-state index contributed by atoms with van der Waals surface area (Å²) in [5.41, 5.74) is 1.99. The van der Waals surface area contributed by atoms with Crippen LogP contribution in [0, 0.1) is 0 Å². The van der Waals surface area contributed by atoms with Gasteiger partial charge in [-0.05, 0) is 35.5 Å². The summed E-state index contributed by atoms with van der Waals surface area (Å²) in [6.45, 7) is -0.493. The van der Waals surface area contributed by atoms with E-state index in [-0.39, 0.29) is 12.4 Å². The van der Waals surface area contributed by atoms with Gasteiger partial charge in [0.25, 0.3) is 6.29 Å². The summed E-state index contributed by atoms with van der Waals surface area (Å²) < 4.78 is 7.82. The summed E-state index contributed by atoms with van der Waals surface area (Å²) in [6, 6.07) is 14.6. The van der Waals surface area contributed by atoms with Gasteiger partial charge in [0.05, 0.1) is 30.6 Å². The fourth-order valence-electron chi connectivity index (χ4n) is 3.97. The van der Waals surface area contributed by atoms with Crippen molar-refractivity contribution >= 4 is 38.2 Å². The molecule has 1 aliphatic rings. The Bertz CT molecular complexity index is 1410. The number of para-hydroxylation sites is 1. The van der Waals surface area contributed by atoms with Gasteiger partial charge in [-0.3, -0.25) is 0 Å². The summed E-state index contributed by atoms with van der Waals surface area (Å²) in [5, 5.41) is 67.4. The van der Waals surface area contributed by atoms with Crippen molar-refractivity contribution in [3.05, 3.63) is 64.9 Å². The number of benzene rings is 2. The average molecular weight is 575 g/mol. The van der Waals surface area contributed by atoms with Gasteiger partial charge in [-0.2, -0.15) is 5.11 Å². The molecule has 1 saturated heterocycles. The van der Waals surface area contributed by atoms with E-state index in [1.165, 1.54) is 6.20 Å². The first-order valence-electron chi connectivity index (χ1n) is 11.2. The summed E-state index contributed by atoms with van der Waals surface area (Å²) >= 11 is 3.38. The van der Waals surface area contributed by atoms with E-state index in [0.29, 0.717) is 28.0 Å². The van der Waals surface area contributed by atoms with E-state index in [0.717, 1.165) is 9.32 Å². The second kappa shape index (κ2) is 10.5. The van der Waals surface area contributed by atoms with Crippen LogP contribution in [0.15, 0.2) is 69.4 Å². The minimum atomic E-state index is -1.60. The molecule has 14 heteroatoms. The van der Waals surface area contributed by atoms with E-state index in [1.54, 1.807) is 16.7 Å². The molecule has 4 aromatic rings. The maximum absolute atomic E-state index is 11.0. The third kappa shape index (κ3) is 5.07. The predicted molar refractivity (Wildman–Crippen MR) is 131 cm³/mol. The lowest BCUT2D eigenvalue weighted by Gasteiger charge is -2.38. The normalized spacial score (nSPS) is 24.2. The van der Waals surface area contributed by atoms with Crippen molar-refractivity contribution in [1.29, 1.82) is 0 Å². The van der Waals surface area contributed by atoms with Gasteiger partial charge >= 0.3 is 0 Å². The van der Waals surface area contributed by atoms with Crippen LogP contribution in [0.3, 0.4) is 0 Å². The fraction of sp³-hybridized carbons (Fsp3) is 0.304. The number of hydrogen-bond acceptors (Lipinski definition) is 11. The van der Waals surface area contributed by atoms with Crippen LogP contribution in [0.25, 0.3) is 10.9 Å². The summed E-state index contributed by atoms with van der Waals surface area (Å²) in [7, 11) is 0. The topological polar surface area (TPSA) is 180 Å². The van der Waals surface area contributed by atoms with Crippen LogP contribution in [0.5, 0.6) is 5.88 Å². The van der Waals surface area contributed by atoms with Gasteiger partial charge in [0, 0.05) is 9.86 Å². The number of azo groups is 1. The van der Waals surface area contributed by atoms with Crippen molar-refractivity contribution in [2.75, 3.05) is 6.61 Å². The van der Waals surface area contributed by atoms with Crippen LogP contribution < -0.4 is 4.84 Å². The number of halogens is 1. The summed E-state index contributed by atoms with van der Waals surface area (Å²) in [4.78, 5) is 6.37. The van der Waals surface area contributed by atoms with Gasteiger partial charge in [0.15, 0.2) is 5.69 Å². The maximum atomic E-state index is 11.0. The van der Waals surface area contributed by atoms with Gasteiger partial charge in [-0.1, -0.05) is 39.0 Å². The summed E-state index contributed by atoms with van der Waals surface area (Å²) in [5.74, 6) is -0.119. The van der Waals surface area contributed by atoms with Crippen LogP contribution in [-0.4, -0.2) is 82.6 Å². The molecule has 5 N–H and O–H groups in total. The third-order valence-corrected chi connectivity index (χ3v) is 6.44. The number of aromatic nitrogens is 4. The lowest BCUT2D eigenvalue weighted by atomic mass is 9.99. The van der Waals surface area contributed by atoms with Gasteiger partial charge in [0.1, 0.15) is 30.1 Å². The Kier molecular flexibility index (Phi) is 7.19. The summed E-state index contributed by atoms with van der Waals surface area (Å²) in [6.07, 6.45) is -5.84. The Morgan fingerprint density at radius 3 is 2.51 bits per heavy atom. The quantitative estimate of drug-likeness (QED) is 0.204. The monoisotopic (exact) mass is 574 g/mol. The molecule has 2 aromatic carbocycles. The highest BCUT2D eigenvalue weighted by molar-refractivity contribution is 9.10. The molecule has 1 fully saturated rings. The average Bonchev–Trinajstić information content (AvgIpc) is 3.46. The van der Waals surface area contributed by atoms with Gasteiger partial charge in [-0.25, -0.2) is 0 Å². The fourth-order valence-corrected chi connectivity index (χ4v) is 4.24. The van der Waals surface area contributed by atoms with Crippen LogP contribution in [-0.2, 0) is 11.3 Å². The van der Waals surface area contributed by atoms with Crippen molar-refractivity contribution in [2.45, 2.75) is 37.3 Å². The molecule has 0 saturated carbocycles. The predicted octanol–water partition coefficient (Wildman–Crippen LogP) is 1.39. The number of aliphatic hydroxyl groups excluding tert-OH is 4. The van der Waals surface area contributed by atoms with Crippen LogP contribution in [0.1, 0.15) is 5.69 Å². The van der Waals surface area contributed by atoms with Crippen molar-refractivity contribution in [3.8, 4) is 5.88 Å². The van der Waals surface area contributed by atoms with Crippen LogP contribution in [0.4, 0.5) is 11.4 Å². The molecule has 0 bridgehead atoms. The number of fused-ring (bicyclic) bond motifs is 1. The van der Waals surface area contributed by atoms with Crippen molar-refractivity contribution in [3.63, 3.8) is 0 Å². The van der Waals surface area contributed by atoms with Gasteiger partial charge < -0.3 is 39.7 Å². The van der Waals surface area contributed by atoms with Crippen molar-refractivity contribution in [2.24, 2.45) is 10.2 Å². The first-order valence-corrected chi connectivity index (χ1v) is 12.0. The van der Waals surface area contributed by atoms with Crippen molar-refractivity contribution in [1.82, 2.24) is 19.7 Å². The SMILES string of the molecule is OC[C@H]1O[C@@H](On2cc(Cn3c(O)c(N=Nc4ccc(Br)cc4)c4ccccc43)nn2)[C@H](O)[C@@H](O)[C@@H]1O. The Morgan fingerprint density at radius 2 is 1.76 bits per heavy atom. The molecule has 0 unspecified atom stereocenters. The first-order chi connectivity index (χ1) is 17.9. The number of nitrogens with zero attached hydrogens (tertiary/aromatic N) is 6. The van der Waals surface area contributed by atoms with E-state index >= 15 is 0 Å². The first kappa shape index (κ1) is 25.3. The molecular formula is C23H23BrN6O7. The molecule has 5 atom stereocenters. The zero-order valence-corrected chi connectivity index (χ0v) is 20.7. The lowest BCUT2D eigenvalue weighted by Crippen LogP contribution is -2.61. The van der Waals surface area contributed by atoms with E-state index < -0.39 is 37.3 Å². The van der Waals surface area contributed by atoms with E-state index in [1.807, 2.05) is 36.4 Å². The second-order valence-electron chi connectivity index (χ2n) is 8.37. The molecule has 0 amide bonds. The third-order valence-electron chi connectivity index (χ3n) is 5.91. The molecule has 2 aromatic heterocycles. The van der Waals surface area contributed by atoms with E-state index in [2.05, 4.69) is 36.5 Å². The second-order valence-corrected chi connectivity index (χ2v) is 9.28. The highest BCUT2D eigenvalue weighted by Crippen LogP contribution is 2.39. The molecule has 5 rings (SSSR count). The number of aliphatic hydroxyl groups is 4. The zero-order chi connectivity index (χ0) is 26.1. The zero-order valence-electron chi connectivity index (χ0n) is 19.1. The smallest absolute Gasteiger partial charge is 0.256 e. The molecule has 37 heavy (non-hydrogen) atoms. The van der Waals surface area contributed by atoms with Crippen LogP contribution >= 0.6 is 15.9 Å². The number of rotatable bonds is 7.